The lowest BCUT2D eigenvalue weighted by Crippen LogP contribution is -2.46. The quantitative estimate of drug-likeness (QED) is 0.793. The maximum absolute atomic E-state index is 12.8. The molecule has 1 aliphatic heterocycles. The Hall–Kier alpha value is -1.29. The van der Waals surface area contributed by atoms with Crippen molar-refractivity contribution in [3.05, 3.63) is 29.8 Å². The van der Waals surface area contributed by atoms with E-state index < -0.39 is 5.82 Å². The SMILES string of the molecule is CC1CC(C)C(C)N(CCC(=O)c2ccc(F)cn2)C1. The summed E-state index contributed by atoms with van der Waals surface area (Å²) in [6.07, 6.45) is 2.80. The van der Waals surface area contributed by atoms with Crippen LogP contribution in [0.1, 0.15) is 44.1 Å². The van der Waals surface area contributed by atoms with Gasteiger partial charge in [0.2, 0.25) is 0 Å². The van der Waals surface area contributed by atoms with Crippen molar-refractivity contribution < 1.29 is 9.18 Å². The minimum absolute atomic E-state index is 0.0110. The summed E-state index contributed by atoms with van der Waals surface area (Å²) in [4.78, 5) is 18.3. The molecule has 2 rings (SSSR count). The van der Waals surface area contributed by atoms with Gasteiger partial charge in [0.25, 0.3) is 0 Å². The molecule has 3 nitrogen and oxygen atoms in total. The van der Waals surface area contributed by atoms with Crippen molar-refractivity contribution >= 4 is 5.78 Å². The Balaban J connectivity index is 1.91. The molecule has 0 bridgehead atoms. The number of carbonyl (C=O) groups is 1. The fourth-order valence-electron chi connectivity index (χ4n) is 3.04. The molecule has 20 heavy (non-hydrogen) atoms. The minimum atomic E-state index is -0.408. The van der Waals surface area contributed by atoms with Crippen molar-refractivity contribution in [2.45, 2.75) is 39.7 Å². The first-order valence-corrected chi connectivity index (χ1v) is 7.36. The highest BCUT2D eigenvalue weighted by Gasteiger charge is 2.28. The highest BCUT2D eigenvalue weighted by atomic mass is 19.1. The number of piperidine rings is 1. The van der Waals surface area contributed by atoms with Gasteiger partial charge in [-0.25, -0.2) is 4.39 Å². The first kappa shape index (κ1) is 15.1. The molecule has 110 valence electrons. The third kappa shape index (κ3) is 3.63. The van der Waals surface area contributed by atoms with Crippen LogP contribution in [0.2, 0.25) is 0 Å². The van der Waals surface area contributed by atoms with Crippen LogP contribution in [0, 0.1) is 17.7 Å². The van der Waals surface area contributed by atoms with Crippen molar-refractivity contribution in [2.75, 3.05) is 13.1 Å². The van der Waals surface area contributed by atoms with Gasteiger partial charge < -0.3 is 0 Å². The maximum atomic E-state index is 12.8. The van der Waals surface area contributed by atoms with Crippen LogP contribution < -0.4 is 0 Å². The van der Waals surface area contributed by atoms with Crippen molar-refractivity contribution in [2.24, 2.45) is 11.8 Å². The molecule has 0 aromatic carbocycles. The number of hydrogen-bond acceptors (Lipinski definition) is 3. The summed E-state index contributed by atoms with van der Waals surface area (Å²) in [5.74, 6) is 0.926. The summed E-state index contributed by atoms with van der Waals surface area (Å²) in [5.41, 5.74) is 0.358. The monoisotopic (exact) mass is 278 g/mol. The number of carbonyl (C=O) groups excluding carboxylic acids is 1. The molecule has 1 aromatic heterocycles. The summed E-state index contributed by atoms with van der Waals surface area (Å²) >= 11 is 0. The zero-order chi connectivity index (χ0) is 14.7. The molecule has 4 heteroatoms. The second-order valence-electron chi connectivity index (χ2n) is 6.09. The van der Waals surface area contributed by atoms with Gasteiger partial charge in [-0.15, -0.1) is 0 Å². The molecule has 0 N–H and O–H groups in total. The van der Waals surface area contributed by atoms with E-state index in [9.17, 15) is 9.18 Å². The van der Waals surface area contributed by atoms with Crippen molar-refractivity contribution in [1.82, 2.24) is 9.88 Å². The van der Waals surface area contributed by atoms with Crippen LogP contribution in [0.4, 0.5) is 4.39 Å². The molecule has 3 atom stereocenters. The summed E-state index contributed by atoms with van der Waals surface area (Å²) in [6.45, 7) is 8.58. The van der Waals surface area contributed by atoms with Gasteiger partial charge in [0.15, 0.2) is 5.78 Å². The predicted octanol–water partition coefficient (Wildman–Crippen LogP) is 3.16. The normalized spacial score (nSPS) is 27.5. The number of hydrogen-bond donors (Lipinski definition) is 0. The summed E-state index contributed by atoms with van der Waals surface area (Å²) in [7, 11) is 0. The molecule has 1 fully saturated rings. The number of Topliss-reactive ketones (excluding diaryl/α,β-unsaturated/α-hetero) is 1. The largest absolute Gasteiger partial charge is 0.300 e. The van der Waals surface area contributed by atoms with E-state index in [4.69, 9.17) is 0 Å². The first-order valence-electron chi connectivity index (χ1n) is 7.36. The maximum Gasteiger partial charge on any atom is 0.182 e. The molecule has 1 aliphatic rings. The van der Waals surface area contributed by atoms with Crippen molar-refractivity contribution in [1.29, 1.82) is 0 Å². The number of halogens is 1. The van der Waals surface area contributed by atoms with E-state index in [-0.39, 0.29) is 5.78 Å². The summed E-state index contributed by atoms with van der Waals surface area (Å²) in [6, 6.07) is 3.26. The van der Waals surface area contributed by atoms with E-state index in [1.54, 1.807) is 0 Å². The van der Waals surface area contributed by atoms with E-state index >= 15 is 0 Å². The number of likely N-dealkylation sites (tertiary alicyclic amines) is 1. The molecule has 0 saturated carbocycles. The van der Waals surface area contributed by atoms with Gasteiger partial charge in [-0.2, -0.15) is 0 Å². The van der Waals surface area contributed by atoms with Gasteiger partial charge in [-0.1, -0.05) is 13.8 Å². The number of nitrogens with zero attached hydrogens (tertiary/aromatic N) is 2. The molecule has 1 aromatic rings. The average molecular weight is 278 g/mol. The fourth-order valence-corrected chi connectivity index (χ4v) is 3.04. The van der Waals surface area contributed by atoms with Crippen LogP contribution in [0.25, 0.3) is 0 Å². The van der Waals surface area contributed by atoms with Crippen LogP contribution in [0.15, 0.2) is 18.3 Å². The van der Waals surface area contributed by atoms with Gasteiger partial charge in [-0.05, 0) is 37.3 Å². The molecule has 1 saturated heterocycles. The van der Waals surface area contributed by atoms with Crippen LogP contribution in [-0.4, -0.2) is 34.8 Å². The van der Waals surface area contributed by atoms with E-state index in [2.05, 4.69) is 30.7 Å². The Morgan fingerprint density at radius 3 is 2.80 bits per heavy atom. The van der Waals surface area contributed by atoms with Crippen LogP contribution >= 0.6 is 0 Å². The lowest BCUT2D eigenvalue weighted by atomic mass is 9.86. The van der Waals surface area contributed by atoms with Gasteiger partial charge in [0.05, 0.1) is 6.20 Å². The number of aromatic nitrogens is 1. The summed E-state index contributed by atoms with van der Waals surface area (Å²) in [5, 5.41) is 0. The Morgan fingerprint density at radius 1 is 1.40 bits per heavy atom. The predicted molar refractivity (Wildman–Crippen MR) is 77.1 cm³/mol. The third-order valence-electron chi connectivity index (χ3n) is 4.36. The molecule has 0 amide bonds. The molecule has 0 aliphatic carbocycles. The highest BCUT2D eigenvalue weighted by Crippen LogP contribution is 2.26. The standard InChI is InChI=1S/C16H23FN2O/c1-11-8-12(2)13(3)19(10-11)7-6-16(20)15-5-4-14(17)9-18-15/h4-5,9,11-13H,6-8,10H2,1-3H3. The van der Waals surface area contributed by atoms with Crippen molar-refractivity contribution in [3.8, 4) is 0 Å². The van der Waals surface area contributed by atoms with Gasteiger partial charge in [0, 0.05) is 25.6 Å². The smallest absolute Gasteiger partial charge is 0.182 e. The minimum Gasteiger partial charge on any atom is -0.300 e. The van der Waals surface area contributed by atoms with Crippen LogP contribution in [-0.2, 0) is 0 Å². The van der Waals surface area contributed by atoms with Crippen LogP contribution in [0.3, 0.4) is 0 Å². The van der Waals surface area contributed by atoms with E-state index in [1.807, 2.05) is 0 Å². The number of rotatable bonds is 4. The Labute approximate surface area is 120 Å². The second-order valence-corrected chi connectivity index (χ2v) is 6.09. The Bertz CT molecular complexity index is 460. The zero-order valence-electron chi connectivity index (χ0n) is 12.5. The molecule has 0 spiro atoms. The second kappa shape index (κ2) is 6.44. The summed E-state index contributed by atoms with van der Waals surface area (Å²) < 4.78 is 12.8. The number of ketones is 1. The average Bonchev–Trinajstić information content (AvgIpc) is 2.41. The number of pyridine rings is 1. The molecule has 0 radical (unpaired) electrons. The van der Waals surface area contributed by atoms with Gasteiger partial charge in [-0.3, -0.25) is 14.7 Å². The van der Waals surface area contributed by atoms with E-state index in [1.165, 1.54) is 18.6 Å². The molecule has 2 heterocycles. The van der Waals surface area contributed by atoms with E-state index in [0.717, 1.165) is 19.3 Å². The molecular formula is C16H23FN2O. The van der Waals surface area contributed by atoms with Crippen LogP contribution in [0.5, 0.6) is 0 Å². The fraction of sp³-hybridized carbons (Fsp3) is 0.625. The first-order chi connectivity index (χ1) is 9.47. The highest BCUT2D eigenvalue weighted by molar-refractivity contribution is 5.94. The van der Waals surface area contributed by atoms with Crippen molar-refractivity contribution in [3.63, 3.8) is 0 Å². The molecule has 3 unspecified atom stereocenters. The lowest BCUT2D eigenvalue weighted by Gasteiger charge is -2.41. The third-order valence-corrected chi connectivity index (χ3v) is 4.36. The lowest BCUT2D eigenvalue weighted by molar-refractivity contribution is 0.0719. The molecular weight excluding hydrogens is 255 g/mol. The Kier molecular flexibility index (Phi) is 4.86. The van der Waals surface area contributed by atoms with Gasteiger partial charge in [0.1, 0.15) is 11.5 Å². The topological polar surface area (TPSA) is 33.2 Å². The van der Waals surface area contributed by atoms with E-state index in [0.29, 0.717) is 30.0 Å². The van der Waals surface area contributed by atoms with Gasteiger partial charge >= 0.3 is 0 Å². The Morgan fingerprint density at radius 2 is 2.15 bits per heavy atom. The zero-order valence-corrected chi connectivity index (χ0v) is 12.5.